The molecule has 0 bridgehead atoms. The second-order valence-electron chi connectivity index (χ2n) is 3.16. The summed E-state index contributed by atoms with van der Waals surface area (Å²) in [6, 6.07) is 1.71. The average Bonchev–Trinajstić information content (AvgIpc) is 2.14. The van der Waals surface area contributed by atoms with E-state index in [9.17, 15) is 0 Å². The van der Waals surface area contributed by atoms with Gasteiger partial charge in [0, 0.05) is 19.0 Å². The smallest absolute Gasteiger partial charge is 0.134 e. The zero-order valence-corrected chi connectivity index (χ0v) is 9.23. The largest absolute Gasteiger partial charge is 0.366 e. The molecule has 0 aliphatic heterocycles. The van der Waals surface area contributed by atoms with Crippen LogP contribution in [0, 0.1) is 0 Å². The van der Waals surface area contributed by atoms with Crippen LogP contribution in [0.15, 0.2) is 18.2 Å². The lowest BCUT2D eigenvalue weighted by atomic mass is 10.3. The quantitative estimate of drug-likeness (QED) is 0.615. The Balaban J connectivity index is 2.76. The highest BCUT2D eigenvalue weighted by atomic mass is 35.5. The summed E-state index contributed by atoms with van der Waals surface area (Å²) in [5.74, 6) is 1.51. The van der Waals surface area contributed by atoms with Crippen molar-refractivity contribution in [3.05, 3.63) is 29.2 Å². The Kier molecular flexibility index (Phi) is 3.89. The molecule has 0 aromatic carbocycles. The summed E-state index contributed by atoms with van der Waals surface area (Å²) in [4.78, 5) is 8.35. The Morgan fingerprint density at radius 1 is 1.57 bits per heavy atom. The molecule has 1 N–H and O–H groups in total. The summed E-state index contributed by atoms with van der Waals surface area (Å²) in [7, 11) is 0. The summed E-state index contributed by atoms with van der Waals surface area (Å²) >= 11 is 5.83. The molecule has 0 aliphatic rings. The Morgan fingerprint density at radius 2 is 2.29 bits per heavy atom. The number of halogens is 1. The van der Waals surface area contributed by atoms with Gasteiger partial charge in [0.05, 0.1) is 0 Å². The molecule has 0 spiro atoms. The lowest BCUT2D eigenvalue weighted by Gasteiger charge is -2.06. The first-order valence-corrected chi connectivity index (χ1v) is 4.91. The molecule has 4 heteroatoms. The van der Waals surface area contributed by atoms with Crippen molar-refractivity contribution in [3.8, 4) is 0 Å². The van der Waals surface area contributed by atoms with Crippen molar-refractivity contribution >= 4 is 17.4 Å². The van der Waals surface area contributed by atoms with Gasteiger partial charge in [-0.1, -0.05) is 30.7 Å². The number of aryl methyl sites for hydroxylation is 1. The summed E-state index contributed by atoms with van der Waals surface area (Å²) in [6.07, 6.45) is 0.780. The molecule has 14 heavy (non-hydrogen) atoms. The number of nitrogens with one attached hydrogen (secondary N) is 1. The molecule has 0 unspecified atom stereocenters. The van der Waals surface area contributed by atoms with Gasteiger partial charge < -0.3 is 5.32 Å². The number of hydrogen-bond acceptors (Lipinski definition) is 3. The van der Waals surface area contributed by atoms with Gasteiger partial charge in [0.1, 0.15) is 16.8 Å². The summed E-state index contributed by atoms with van der Waals surface area (Å²) in [6.45, 7) is 8.45. The van der Waals surface area contributed by atoms with Crippen molar-refractivity contribution in [1.29, 1.82) is 0 Å². The zero-order valence-electron chi connectivity index (χ0n) is 8.47. The number of nitrogens with zero attached hydrogens (tertiary/aromatic N) is 2. The molecule has 76 valence electrons. The molecular formula is C10H14ClN3. The minimum absolute atomic E-state index is 0.473. The van der Waals surface area contributed by atoms with Crippen LogP contribution in [0.5, 0.6) is 0 Å². The average molecular weight is 212 g/mol. The second-order valence-corrected chi connectivity index (χ2v) is 3.54. The van der Waals surface area contributed by atoms with E-state index >= 15 is 0 Å². The third-order valence-corrected chi connectivity index (χ3v) is 1.82. The van der Waals surface area contributed by atoms with Crippen LogP contribution in [0.4, 0.5) is 5.82 Å². The molecule has 3 nitrogen and oxygen atoms in total. The molecule has 0 saturated carbocycles. The first-order chi connectivity index (χ1) is 6.61. The van der Waals surface area contributed by atoms with Crippen molar-refractivity contribution in [1.82, 2.24) is 9.97 Å². The van der Waals surface area contributed by atoms with Crippen LogP contribution in [-0.4, -0.2) is 16.5 Å². The Morgan fingerprint density at radius 3 is 2.86 bits per heavy atom. The van der Waals surface area contributed by atoms with E-state index in [0.717, 1.165) is 23.6 Å². The van der Waals surface area contributed by atoms with Gasteiger partial charge in [-0.25, -0.2) is 9.97 Å². The normalized spacial score (nSPS) is 9.93. The van der Waals surface area contributed by atoms with E-state index in [-0.39, 0.29) is 0 Å². The maximum absolute atomic E-state index is 5.83. The van der Waals surface area contributed by atoms with Gasteiger partial charge >= 0.3 is 0 Å². The van der Waals surface area contributed by atoms with Gasteiger partial charge in [-0.3, -0.25) is 0 Å². The predicted octanol–water partition coefficient (Wildman–Crippen LogP) is 2.68. The van der Waals surface area contributed by atoms with E-state index in [1.165, 1.54) is 0 Å². The van der Waals surface area contributed by atoms with Gasteiger partial charge in [0.25, 0.3) is 0 Å². The number of anilines is 1. The first kappa shape index (κ1) is 11.0. The van der Waals surface area contributed by atoms with Crippen LogP contribution < -0.4 is 5.32 Å². The third-order valence-electron chi connectivity index (χ3n) is 1.63. The maximum atomic E-state index is 5.83. The molecule has 0 radical (unpaired) electrons. The fourth-order valence-corrected chi connectivity index (χ4v) is 1.16. The molecule has 0 aliphatic carbocycles. The van der Waals surface area contributed by atoms with Gasteiger partial charge in [0.15, 0.2) is 0 Å². The minimum Gasteiger partial charge on any atom is -0.366 e. The summed E-state index contributed by atoms with van der Waals surface area (Å²) in [5.41, 5.74) is 1.05. The fourth-order valence-electron chi connectivity index (χ4n) is 0.955. The van der Waals surface area contributed by atoms with Crippen molar-refractivity contribution in [3.63, 3.8) is 0 Å². The van der Waals surface area contributed by atoms with E-state index in [0.29, 0.717) is 11.7 Å². The summed E-state index contributed by atoms with van der Waals surface area (Å²) in [5, 5.41) is 3.60. The lowest BCUT2D eigenvalue weighted by molar-refractivity contribution is 0.937. The molecule has 1 heterocycles. The van der Waals surface area contributed by atoms with E-state index in [2.05, 4.69) is 21.9 Å². The molecule has 1 aromatic heterocycles. The molecular weight excluding hydrogens is 198 g/mol. The predicted molar refractivity (Wildman–Crippen MR) is 59.7 cm³/mol. The Labute approximate surface area is 89.2 Å². The number of rotatable bonds is 4. The van der Waals surface area contributed by atoms with Crippen LogP contribution in [0.2, 0.25) is 5.15 Å². The Bertz CT molecular complexity index is 336. The molecule has 1 aromatic rings. The zero-order chi connectivity index (χ0) is 10.6. The molecule has 0 amide bonds. The maximum Gasteiger partial charge on any atom is 0.134 e. The van der Waals surface area contributed by atoms with Crippen LogP contribution in [0.25, 0.3) is 0 Å². The summed E-state index contributed by atoms with van der Waals surface area (Å²) < 4.78 is 0. The minimum atomic E-state index is 0.473. The van der Waals surface area contributed by atoms with Gasteiger partial charge in [0.2, 0.25) is 0 Å². The second kappa shape index (κ2) is 4.96. The monoisotopic (exact) mass is 211 g/mol. The topological polar surface area (TPSA) is 37.8 Å². The number of aromatic nitrogens is 2. The Hall–Kier alpha value is -1.09. The van der Waals surface area contributed by atoms with Gasteiger partial charge in [-0.05, 0) is 6.92 Å². The molecule has 0 saturated heterocycles. The van der Waals surface area contributed by atoms with E-state index in [1.54, 1.807) is 6.07 Å². The first-order valence-electron chi connectivity index (χ1n) is 4.53. The van der Waals surface area contributed by atoms with Crippen LogP contribution >= 0.6 is 11.6 Å². The van der Waals surface area contributed by atoms with Crippen molar-refractivity contribution in [2.24, 2.45) is 0 Å². The van der Waals surface area contributed by atoms with Crippen molar-refractivity contribution < 1.29 is 0 Å². The highest BCUT2D eigenvalue weighted by molar-refractivity contribution is 6.29. The molecule has 0 atom stereocenters. The highest BCUT2D eigenvalue weighted by Crippen LogP contribution is 2.11. The fraction of sp³-hybridized carbons (Fsp3) is 0.400. The standard InChI is InChI=1S/C10H14ClN3/c1-4-9-13-8(11)5-10(14-9)12-6-7(2)3/h5H,2,4,6H2,1,3H3,(H,12,13,14). The third kappa shape index (κ3) is 3.34. The molecule has 0 fully saturated rings. The molecule has 1 rings (SSSR count). The number of hydrogen-bond donors (Lipinski definition) is 1. The van der Waals surface area contributed by atoms with Crippen molar-refractivity contribution in [2.45, 2.75) is 20.3 Å². The highest BCUT2D eigenvalue weighted by Gasteiger charge is 2.00. The van der Waals surface area contributed by atoms with Crippen LogP contribution in [0.3, 0.4) is 0 Å². The van der Waals surface area contributed by atoms with E-state index in [4.69, 9.17) is 11.6 Å². The van der Waals surface area contributed by atoms with Crippen molar-refractivity contribution in [2.75, 3.05) is 11.9 Å². The van der Waals surface area contributed by atoms with Gasteiger partial charge in [-0.15, -0.1) is 0 Å². The van der Waals surface area contributed by atoms with Crippen LogP contribution in [0.1, 0.15) is 19.7 Å². The van der Waals surface area contributed by atoms with E-state index in [1.807, 2.05) is 13.8 Å². The lowest BCUT2D eigenvalue weighted by Crippen LogP contribution is -2.06. The van der Waals surface area contributed by atoms with Gasteiger partial charge in [-0.2, -0.15) is 0 Å². The SMILES string of the molecule is C=C(C)CNc1cc(Cl)nc(CC)n1. The van der Waals surface area contributed by atoms with Crippen LogP contribution in [-0.2, 0) is 6.42 Å². The van der Waals surface area contributed by atoms with E-state index < -0.39 is 0 Å².